The van der Waals surface area contributed by atoms with Crippen LogP contribution in [-0.4, -0.2) is 31.6 Å². The molecule has 9 heteroatoms. The monoisotopic (exact) mass is 317 g/mol. The molecule has 1 N–H and O–H groups in total. The minimum Gasteiger partial charge on any atom is -0.481 e. The Morgan fingerprint density at radius 3 is 2.76 bits per heavy atom. The highest BCUT2D eigenvalue weighted by molar-refractivity contribution is 7.99. The Balaban J connectivity index is 2.42. The van der Waals surface area contributed by atoms with Gasteiger partial charge in [0.2, 0.25) is 0 Å². The number of thioether (sulfide) groups is 1. The maximum Gasteiger partial charge on any atom is 0.416 e. The molecular formula is C12H10F3N3O2S. The highest BCUT2D eigenvalue weighted by Crippen LogP contribution is 2.32. The van der Waals surface area contributed by atoms with Gasteiger partial charge in [0.1, 0.15) is 6.33 Å². The predicted octanol–water partition coefficient (Wildman–Crippen LogP) is 2.77. The van der Waals surface area contributed by atoms with Crippen molar-refractivity contribution in [1.82, 2.24) is 14.8 Å². The number of aromatic nitrogens is 3. The molecule has 1 aromatic carbocycles. The average Bonchev–Trinajstić information content (AvgIpc) is 2.83. The van der Waals surface area contributed by atoms with Crippen molar-refractivity contribution in [2.75, 3.05) is 5.75 Å². The zero-order chi connectivity index (χ0) is 15.6. The lowest BCUT2D eigenvalue weighted by molar-refractivity contribution is -0.137. The third-order valence-corrected chi connectivity index (χ3v) is 3.57. The molecule has 0 aliphatic heterocycles. The number of nitrogens with zero attached hydrogens (tertiary/aromatic N) is 3. The number of carboxylic acids is 1. The van der Waals surface area contributed by atoms with Gasteiger partial charge in [0.05, 0.1) is 17.0 Å². The third kappa shape index (κ3) is 3.54. The van der Waals surface area contributed by atoms with Crippen molar-refractivity contribution in [2.24, 2.45) is 0 Å². The number of carboxylic acid groups (broad SMARTS) is 1. The quantitative estimate of drug-likeness (QED) is 0.878. The Bertz CT molecular complexity index is 670. The summed E-state index contributed by atoms with van der Waals surface area (Å²) in [6.45, 7) is 1.65. The van der Waals surface area contributed by atoms with Crippen molar-refractivity contribution in [2.45, 2.75) is 18.3 Å². The largest absolute Gasteiger partial charge is 0.481 e. The lowest BCUT2D eigenvalue weighted by Gasteiger charge is -2.13. The van der Waals surface area contributed by atoms with Gasteiger partial charge in [-0.2, -0.15) is 13.2 Å². The number of aryl methyl sites for hydroxylation is 1. The van der Waals surface area contributed by atoms with Crippen molar-refractivity contribution >= 4 is 17.7 Å². The molecule has 0 aliphatic rings. The molecule has 0 unspecified atom stereocenters. The van der Waals surface area contributed by atoms with E-state index in [4.69, 9.17) is 5.11 Å². The van der Waals surface area contributed by atoms with Crippen molar-refractivity contribution in [3.05, 3.63) is 35.7 Å². The standard InChI is InChI=1S/C12H10F3N3O2S/c1-7-2-3-8(12(13,14)15)4-9(7)18-6-16-17-11(18)21-5-10(19)20/h2-4,6H,5H2,1H3,(H,19,20). The molecule has 0 aliphatic carbocycles. The summed E-state index contributed by atoms with van der Waals surface area (Å²) in [6.07, 6.45) is -3.20. The molecule has 0 radical (unpaired) electrons. The molecule has 1 aromatic heterocycles. The molecule has 0 atom stereocenters. The van der Waals surface area contributed by atoms with Crippen LogP contribution in [0.25, 0.3) is 5.69 Å². The molecule has 2 aromatic rings. The number of aliphatic carboxylic acids is 1. The molecule has 0 saturated heterocycles. The summed E-state index contributed by atoms with van der Waals surface area (Å²) in [4.78, 5) is 10.6. The fourth-order valence-corrected chi connectivity index (χ4v) is 2.30. The van der Waals surface area contributed by atoms with E-state index in [9.17, 15) is 18.0 Å². The van der Waals surface area contributed by atoms with Crippen LogP contribution in [0.2, 0.25) is 0 Å². The fraction of sp³-hybridized carbons (Fsp3) is 0.250. The summed E-state index contributed by atoms with van der Waals surface area (Å²) in [5, 5.41) is 16.2. The second kappa shape index (κ2) is 5.76. The van der Waals surface area contributed by atoms with E-state index >= 15 is 0 Å². The van der Waals surface area contributed by atoms with Gasteiger partial charge in [-0.05, 0) is 24.6 Å². The summed E-state index contributed by atoms with van der Waals surface area (Å²) in [5.74, 6) is -1.30. The zero-order valence-corrected chi connectivity index (χ0v) is 11.6. The van der Waals surface area contributed by atoms with Gasteiger partial charge >= 0.3 is 12.1 Å². The first-order chi connectivity index (χ1) is 9.79. The van der Waals surface area contributed by atoms with Gasteiger partial charge in [-0.15, -0.1) is 10.2 Å². The number of alkyl halides is 3. The van der Waals surface area contributed by atoms with Crippen molar-refractivity contribution in [3.8, 4) is 5.69 Å². The van der Waals surface area contributed by atoms with E-state index in [1.807, 2.05) is 0 Å². The maximum atomic E-state index is 12.8. The van der Waals surface area contributed by atoms with Crippen LogP contribution >= 0.6 is 11.8 Å². The number of benzene rings is 1. The summed E-state index contributed by atoms with van der Waals surface area (Å²) in [7, 11) is 0. The van der Waals surface area contributed by atoms with Gasteiger partial charge in [0.25, 0.3) is 0 Å². The van der Waals surface area contributed by atoms with Crippen LogP contribution in [0.15, 0.2) is 29.7 Å². The van der Waals surface area contributed by atoms with Gasteiger partial charge in [-0.3, -0.25) is 9.36 Å². The summed E-state index contributed by atoms with van der Waals surface area (Å²) in [6, 6.07) is 3.33. The SMILES string of the molecule is Cc1ccc(C(F)(F)F)cc1-n1cnnc1SCC(=O)O. The third-order valence-electron chi connectivity index (χ3n) is 2.64. The van der Waals surface area contributed by atoms with Crippen LogP contribution in [0.3, 0.4) is 0 Å². The number of halogens is 3. The van der Waals surface area contributed by atoms with Gasteiger partial charge in [0.15, 0.2) is 5.16 Å². The van der Waals surface area contributed by atoms with Crippen molar-refractivity contribution < 1.29 is 23.1 Å². The Morgan fingerprint density at radius 1 is 1.43 bits per heavy atom. The zero-order valence-electron chi connectivity index (χ0n) is 10.8. The molecular weight excluding hydrogens is 307 g/mol. The molecule has 5 nitrogen and oxygen atoms in total. The second-order valence-corrected chi connectivity index (χ2v) is 5.11. The van der Waals surface area contributed by atoms with Gasteiger partial charge in [-0.25, -0.2) is 0 Å². The predicted molar refractivity (Wildman–Crippen MR) is 69.5 cm³/mol. The van der Waals surface area contributed by atoms with Crippen LogP contribution in [0, 0.1) is 6.92 Å². The Labute approximate surface area is 121 Å². The van der Waals surface area contributed by atoms with Crippen LogP contribution in [0.4, 0.5) is 13.2 Å². The first-order valence-corrected chi connectivity index (χ1v) is 6.70. The smallest absolute Gasteiger partial charge is 0.416 e. The molecule has 0 bridgehead atoms. The number of hydrogen-bond acceptors (Lipinski definition) is 4. The highest BCUT2D eigenvalue weighted by atomic mass is 32.2. The van der Waals surface area contributed by atoms with Crippen LogP contribution in [0.1, 0.15) is 11.1 Å². The molecule has 112 valence electrons. The van der Waals surface area contributed by atoms with E-state index in [1.165, 1.54) is 17.0 Å². The van der Waals surface area contributed by atoms with E-state index in [0.29, 0.717) is 5.56 Å². The van der Waals surface area contributed by atoms with Crippen LogP contribution in [-0.2, 0) is 11.0 Å². The maximum absolute atomic E-state index is 12.8. The summed E-state index contributed by atoms with van der Waals surface area (Å²) in [5.41, 5.74) is 0.0775. The second-order valence-electron chi connectivity index (χ2n) is 4.16. The van der Waals surface area contributed by atoms with E-state index in [2.05, 4.69) is 10.2 Å². The molecule has 0 amide bonds. The van der Waals surface area contributed by atoms with E-state index in [-0.39, 0.29) is 16.6 Å². The Morgan fingerprint density at radius 2 is 2.14 bits per heavy atom. The van der Waals surface area contributed by atoms with Crippen molar-refractivity contribution in [1.29, 1.82) is 0 Å². The normalized spacial score (nSPS) is 11.6. The van der Waals surface area contributed by atoms with Gasteiger partial charge in [0, 0.05) is 0 Å². The average molecular weight is 317 g/mol. The number of hydrogen-bond donors (Lipinski definition) is 1. The molecule has 2 rings (SSSR count). The summed E-state index contributed by atoms with van der Waals surface area (Å²) < 4.78 is 39.7. The minimum absolute atomic E-state index is 0.222. The molecule has 0 saturated carbocycles. The molecule has 21 heavy (non-hydrogen) atoms. The number of carbonyl (C=O) groups is 1. The van der Waals surface area contributed by atoms with Crippen LogP contribution < -0.4 is 0 Å². The first kappa shape index (κ1) is 15.4. The minimum atomic E-state index is -4.45. The topological polar surface area (TPSA) is 68.0 Å². The summed E-state index contributed by atoms with van der Waals surface area (Å²) >= 11 is 0.887. The molecule has 0 fully saturated rings. The van der Waals surface area contributed by atoms with Crippen molar-refractivity contribution in [3.63, 3.8) is 0 Å². The van der Waals surface area contributed by atoms with Gasteiger partial charge in [-0.1, -0.05) is 17.8 Å². The number of rotatable bonds is 4. The van der Waals surface area contributed by atoms with E-state index in [0.717, 1.165) is 23.9 Å². The van der Waals surface area contributed by atoms with Crippen LogP contribution in [0.5, 0.6) is 0 Å². The molecule has 1 heterocycles. The Kier molecular flexibility index (Phi) is 4.21. The Hall–Kier alpha value is -2.03. The first-order valence-electron chi connectivity index (χ1n) is 5.72. The lowest BCUT2D eigenvalue weighted by atomic mass is 10.1. The van der Waals surface area contributed by atoms with E-state index < -0.39 is 17.7 Å². The lowest BCUT2D eigenvalue weighted by Crippen LogP contribution is -2.08. The fourth-order valence-electron chi connectivity index (χ4n) is 1.66. The van der Waals surface area contributed by atoms with E-state index in [1.54, 1.807) is 6.92 Å². The highest BCUT2D eigenvalue weighted by Gasteiger charge is 2.31. The van der Waals surface area contributed by atoms with Gasteiger partial charge < -0.3 is 5.11 Å². The molecule has 0 spiro atoms.